The van der Waals surface area contributed by atoms with E-state index in [4.69, 9.17) is 0 Å². The zero-order valence-electron chi connectivity index (χ0n) is 13.0. The van der Waals surface area contributed by atoms with Crippen LogP contribution in [0.5, 0.6) is 0 Å². The molecule has 0 N–H and O–H groups in total. The van der Waals surface area contributed by atoms with Crippen molar-refractivity contribution in [3.8, 4) is 0 Å². The minimum absolute atomic E-state index is 0. The third-order valence-corrected chi connectivity index (χ3v) is 2.14. The van der Waals surface area contributed by atoms with Gasteiger partial charge >= 0.3 is 139 Å². The number of carbonyl (C=O) groups is 2. The van der Waals surface area contributed by atoms with E-state index in [1.165, 1.54) is 0 Å². The number of hydrogen-bond donors (Lipinski definition) is 0. The van der Waals surface area contributed by atoms with E-state index in [1.54, 1.807) is 9.47 Å². The van der Waals surface area contributed by atoms with Gasteiger partial charge in [0.1, 0.15) is 11.9 Å². The minimum Gasteiger partial charge on any atom is -0.544 e. The van der Waals surface area contributed by atoms with Crippen molar-refractivity contribution >= 4 is 11.9 Å². The Labute approximate surface area is 229 Å². The molecule has 0 aromatic rings. The first kappa shape index (κ1) is 33.9. The van der Waals surface area contributed by atoms with Gasteiger partial charge in [-0.05, 0) is 0 Å². The Hall–Kier alpha value is 1.29. The molecule has 0 aromatic carbocycles. The second kappa shape index (κ2) is 10.3. The SMILES string of the molecule is O=C([O-])C(F)(OC(F)(OC(F)(C(=O)[O-])C(F)(F)F)C(F)(F)F)C(F)(F)F.[K+].[K+]. The molecule has 0 aliphatic heterocycles. The van der Waals surface area contributed by atoms with Gasteiger partial charge in [-0.25, -0.2) is 0 Å². The van der Waals surface area contributed by atoms with Crippen LogP contribution in [-0.2, 0) is 19.1 Å². The van der Waals surface area contributed by atoms with Crippen LogP contribution in [0.25, 0.3) is 0 Å². The molecule has 2 unspecified atom stereocenters. The predicted molar refractivity (Wildman–Crippen MR) is 41.9 cm³/mol. The van der Waals surface area contributed by atoms with Crippen LogP contribution < -0.4 is 113 Å². The van der Waals surface area contributed by atoms with E-state index < -0.39 is 48.2 Å². The van der Waals surface area contributed by atoms with Gasteiger partial charge in [-0.3, -0.25) is 9.47 Å². The minimum atomic E-state index is -7.40. The summed E-state index contributed by atoms with van der Waals surface area (Å²) in [5.74, 6) is -22.4. The van der Waals surface area contributed by atoms with Crippen LogP contribution in [-0.4, -0.2) is 48.2 Å². The van der Waals surface area contributed by atoms with Gasteiger partial charge < -0.3 is 19.8 Å². The van der Waals surface area contributed by atoms with Crippen LogP contribution in [0.15, 0.2) is 0 Å². The van der Waals surface area contributed by atoms with Crippen molar-refractivity contribution < 1.29 is 185 Å². The van der Waals surface area contributed by atoms with Crippen LogP contribution in [0.3, 0.4) is 0 Å². The number of carboxylic acid groups (broad SMARTS) is 2. The number of alkyl halides is 12. The van der Waals surface area contributed by atoms with Gasteiger partial charge in [0.25, 0.3) is 0 Å². The molecular formula is C8F12K2O6. The molecule has 0 aliphatic carbocycles. The summed E-state index contributed by atoms with van der Waals surface area (Å²) in [6.07, 6.45) is -21.7. The maximum Gasteiger partial charge on any atom is 1.00 e. The van der Waals surface area contributed by atoms with Crippen LogP contribution in [0.2, 0.25) is 0 Å². The van der Waals surface area contributed by atoms with Crippen LogP contribution in [0.4, 0.5) is 52.7 Å². The average molecular weight is 498 g/mol. The Balaban J connectivity index is -0.00000312. The molecule has 0 heterocycles. The molecule has 0 aromatic heterocycles. The summed E-state index contributed by atoms with van der Waals surface area (Å²) in [5.41, 5.74) is 0. The number of halogens is 12. The van der Waals surface area contributed by atoms with Crippen molar-refractivity contribution in [1.82, 2.24) is 0 Å². The Morgan fingerprint density at radius 2 is 0.750 bits per heavy atom. The number of carbonyl (C=O) groups excluding carboxylic acids is 2. The summed E-state index contributed by atoms with van der Waals surface area (Å²) >= 11 is 0. The van der Waals surface area contributed by atoms with Gasteiger partial charge in [0, 0.05) is 0 Å². The molecule has 0 amide bonds. The van der Waals surface area contributed by atoms with Crippen molar-refractivity contribution in [2.24, 2.45) is 0 Å². The van der Waals surface area contributed by atoms with Gasteiger partial charge in [-0.2, -0.15) is 52.7 Å². The van der Waals surface area contributed by atoms with E-state index in [0.29, 0.717) is 0 Å². The van der Waals surface area contributed by atoms with Gasteiger partial charge in [-0.1, -0.05) is 0 Å². The standard InChI is InChI=1S/C8H2F12O6.2K/c9-3(1(21)22,5(11,12)13)25-8(20,7(17,18)19)26-4(10,2(23)24)6(14,15)16;;/h(H,21,22)(H,23,24);;/q;2*+1/p-2. The molecule has 0 radical (unpaired) electrons. The molecule has 0 saturated heterocycles. The summed E-state index contributed by atoms with van der Waals surface area (Å²) in [7, 11) is 0. The summed E-state index contributed by atoms with van der Waals surface area (Å²) in [6.45, 7) is 0. The maximum absolute atomic E-state index is 13.4. The van der Waals surface area contributed by atoms with Crippen molar-refractivity contribution in [3.05, 3.63) is 0 Å². The molecule has 0 aliphatic rings. The average Bonchev–Trinajstić information content (AvgIpc) is 2.33. The molecule has 2 atom stereocenters. The molecule has 0 saturated carbocycles. The number of aliphatic carboxylic acids is 2. The van der Waals surface area contributed by atoms with Gasteiger partial charge in [0.15, 0.2) is 0 Å². The summed E-state index contributed by atoms with van der Waals surface area (Å²) in [4.78, 5) is 20.0. The Kier molecular flexibility index (Phi) is 12.4. The summed E-state index contributed by atoms with van der Waals surface area (Å²) in [5, 5.41) is 20.0. The molecule has 0 bridgehead atoms. The molecule has 20 heteroatoms. The first-order valence-corrected chi connectivity index (χ1v) is 5.15. The van der Waals surface area contributed by atoms with E-state index >= 15 is 0 Å². The summed E-state index contributed by atoms with van der Waals surface area (Å²) in [6, 6.07) is -7.25. The first-order valence-electron chi connectivity index (χ1n) is 5.15. The van der Waals surface area contributed by atoms with Crippen molar-refractivity contribution in [2.45, 2.75) is 36.3 Å². The predicted octanol–water partition coefficient (Wildman–Crippen LogP) is -5.83. The fraction of sp³-hybridized carbons (Fsp3) is 0.750. The topological polar surface area (TPSA) is 98.7 Å². The molecule has 0 spiro atoms. The summed E-state index contributed by atoms with van der Waals surface area (Å²) < 4.78 is 153. The van der Waals surface area contributed by atoms with Crippen LogP contribution in [0.1, 0.15) is 0 Å². The Bertz CT molecular complexity index is 536. The van der Waals surface area contributed by atoms with E-state index in [2.05, 4.69) is 0 Å². The smallest absolute Gasteiger partial charge is 0.544 e. The number of carboxylic acids is 2. The van der Waals surface area contributed by atoms with Crippen LogP contribution >= 0.6 is 0 Å². The van der Waals surface area contributed by atoms with E-state index in [0.717, 1.165) is 0 Å². The Morgan fingerprint density at radius 1 is 0.536 bits per heavy atom. The monoisotopic (exact) mass is 498 g/mol. The molecule has 6 nitrogen and oxygen atoms in total. The number of hydrogen-bond acceptors (Lipinski definition) is 6. The van der Waals surface area contributed by atoms with Crippen molar-refractivity contribution in [1.29, 1.82) is 0 Å². The first-order chi connectivity index (χ1) is 11.1. The second-order valence-corrected chi connectivity index (χ2v) is 4.00. The molecular weight excluding hydrogens is 498 g/mol. The van der Waals surface area contributed by atoms with E-state index in [1.807, 2.05) is 0 Å². The van der Waals surface area contributed by atoms with Gasteiger partial charge in [0.2, 0.25) is 0 Å². The van der Waals surface area contributed by atoms with Crippen molar-refractivity contribution in [2.75, 3.05) is 0 Å². The molecule has 154 valence electrons. The zero-order chi connectivity index (χ0) is 21.6. The fourth-order valence-corrected chi connectivity index (χ4v) is 0.929. The van der Waals surface area contributed by atoms with Gasteiger partial charge in [0.05, 0.1) is 0 Å². The molecule has 0 fully saturated rings. The number of rotatable bonds is 6. The normalized spacial score (nSPS) is 19.1. The largest absolute Gasteiger partial charge is 1.00 e. The van der Waals surface area contributed by atoms with Crippen LogP contribution in [0, 0.1) is 0 Å². The Morgan fingerprint density at radius 3 is 0.857 bits per heavy atom. The molecule has 28 heavy (non-hydrogen) atoms. The van der Waals surface area contributed by atoms with Gasteiger partial charge in [-0.15, -0.1) is 0 Å². The molecule has 0 rings (SSSR count). The fourth-order valence-electron chi connectivity index (χ4n) is 0.929. The quantitative estimate of drug-likeness (QED) is 0.206. The van der Waals surface area contributed by atoms with Crippen molar-refractivity contribution in [3.63, 3.8) is 0 Å². The third kappa shape index (κ3) is 6.90. The van der Waals surface area contributed by atoms with E-state index in [-0.39, 0.29) is 103 Å². The second-order valence-electron chi connectivity index (χ2n) is 4.00. The maximum atomic E-state index is 13.4. The third-order valence-electron chi connectivity index (χ3n) is 2.14. The number of ether oxygens (including phenoxy) is 2. The zero-order valence-corrected chi connectivity index (χ0v) is 19.2. The van der Waals surface area contributed by atoms with E-state index in [9.17, 15) is 72.5 Å².